The van der Waals surface area contributed by atoms with Gasteiger partial charge in [-0.25, -0.2) is 0 Å². The van der Waals surface area contributed by atoms with Crippen LogP contribution >= 0.6 is 0 Å². The number of primary amides is 1. The second kappa shape index (κ2) is 9.94. The number of hydrogen-bond donors (Lipinski definition) is 2. The van der Waals surface area contributed by atoms with Crippen molar-refractivity contribution in [3.8, 4) is 0 Å². The zero-order chi connectivity index (χ0) is 15.5. The number of nitrogens with two attached hydrogens (primary N) is 1. The van der Waals surface area contributed by atoms with Crippen molar-refractivity contribution in [2.75, 3.05) is 12.4 Å². The average Bonchev–Trinajstić information content (AvgIpc) is 2.47. The minimum absolute atomic E-state index is 0.124. The van der Waals surface area contributed by atoms with Gasteiger partial charge in [-0.05, 0) is 25.0 Å². The molecule has 1 aromatic rings. The Hall–Kier alpha value is -1.88. The van der Waals surface area contributed by atoms with E-state index in [4.69, 9.17) is 10.5 Å². The van der Waals surface area contributed by atoms with E-state index in [-0.39, 0.29) is 11.8 Å². The lowest BCUT2D eigenvalue weighted by atomic mass is 10.1. The van der Waals surface area contributed by atoms with Crippen molar-refractivity contribution >= 4 is 17.5 Å². The molecular weight excluding hydrogens is 268 g/mol. The van der Waals surface area contributed by atoms with Crippen molar-refractivity contribution < 1.29 is 14.3 Å². The van der Waals surface area contributed by atoms with Crippen LogP contribution in [0.1, 0.15) is 38.5 Å². The average molecular weight is 292 g/mol. The van der Waals surface area contributed by atoms with Gasteiger partial charge in [-0.2, -0.15) is 0 Å². The molecule has 0 saturated carbocycles. The second-order valence-corrected chi connectivity index (χ2v) is 5.00. The Labute approximate surface area is 125 Å². The standard InChI is InChI=1S/C16H24N2O3/c1-21-14(11-7-2-3-8-12-15(17)19)16(20)18-13-9-5-4-6-10-13/h4-6,9-10,14H,2-3,7-8,11-12H2,1H3,(H2,17,19)(H,18,20). The maximum Gasteiger partial charge on any atom is 0.253 e. The molecule has 5 heteroatoms. The highest BCUT2D eigenvalue weighted by Gasteiger charge is 2.17. The van der Waals surface area contributed by atoms with Crippen LogP contribution in [0.3, 0.4) is 0 Å². The molecule has 21 heavy (non-hydrogen) atoms. The molecule has 5 nitrogen and oxygen atoms in total. The number of para-hydroxylation sites is 1. The molecule has 2 amide bonds. The Kier molecular flexibility index (Phi) is 8.12. The fraction of sp³-hybridized carbons (Fsp3) is 0.500. The number of ether oxygens (including phenoxy) is 1. The monoisotopic (exact) mass is 292 g/mol. The molecule has 0 bridgehead atoms. The summed E-state index contributed by atoms with van der Waals surface area (Å²) in [6.07, 6.45) is 4.27. The molecule has 0 radical (unpaired) electrons. The van der Waals surface area contributed by atoms with E-state index in [1.54, 1.807) is 7.11 Å². The van der Waals surface area contributed by atoms with E-state index in [9.17, 15) is 9.59 Å². The van der Waals surface area contributed by atoms with Crippen molar-refractivity contribution in [1.29, 1.82) is 0 Å². The van der Waals surface area contributed by atoms with Crippen molar-refractivity contribution in [1.82, 2.24) is 0 Å². The normalized spacial score (nSPS) is 11.9. The molecular formula is C16H24N2O3. The third-order valence-electron chi connectivity index (χ3n) is 3.26. The molecule has 1 atom stereocenters. The second-order valence-electron chi connectivity index (χ2n) is 5.00. The van der Waals surface area contributed by atoms with Crippen LogP contribution in [-0.4, -0.2) is 25.0 Å². The molecule has 0 aromatic heterocycles. The molecule has 1 rings (SSSR count). The van der Waals surface area contributed by atoms with Gasteiger partial charge in [0.25, 0.3) is 5.91 Å². The summed E-state index contributed by atoms with van der Waals surface area (Å²) in [6, 6.07) is 9.32. The van der Waals surface area contributed by atoms with Gasteiger partial charge in [0, 0.05) is 19.2 Å². The number of benzene rings is 1. The molecule has 0 aliphatic rings. The summed E-state index contributed by atoms with van der Waals surface area (Å²) in [5.41, 5.74) is 5.85. The number of rotatable bonds is 10. The molecule has 1 aromatic carbocycles. The number of unbranched alkanes of at least 4 members (excludes halogenated alkanes) is 3. The van der Waals surface area contributed by atoms with Gasteiger partial charge < -0.3 is 15.8 Å². The smallest absolute Gasteiger partial charge is 0.253 e. The van der Waals surface area contributed by atoms with Gasteiger partial charge in [0.1, 0.15) is 6.10 Å². The summed E-state index contributed by atoms with van der Waals surface area (Å²) >= 11 is 0. The number of anilines is 1. The van der Waals surface area contributed by atoms with Crippen LogP contribution < -0.4 is 11.1 Å². The van der Waals surface area contributed by atoms with Crippen molar-refractivity contribution in [2.24, 2.45) is 5.73 Å². The van der Waals surface area contributed by atoms with E-state index < -0.39 is 6.10 Å². The minimum atomic E-state index is -0.443. The number of nitrogens with one attached hydrogen (secondary N) is 1. The molecule has 0 aliphatic heterocycles. The van der Waals surface area contributed by atoms with Crippen molar-refractivity contribution in [2.45, 2.75) is 44.6 Å². The summed E-state index contributed by atoms with van der Waals surface area (Å²) in [6.45, 7) is 0. The lowest BCUT2D eigenvalue weighted by molar-refractivity contribution is -0.126. The van der Waals surface area contributed by atoms with Gasteiger partial charge in [-0.15, -0.1) is 0 Å². The lowest BCUT2D eigenvalue weighted by Gasteiger charge is -2.15. The van der Waals surface area contributed by atoms with Crippen LogP contribution in [0.4, 0.5) is 5.69 Å². The highest BCUT2D eigenvalue weighted by molar-refractivity contribution is 5.94. The van der Waals surface area contributed by atoms with Gasteiger partial charge >= 0.3 is 0 Å². The number of methoxy groups -OCH3 is 1. The largest absolute Gasteiger partial charge is 0.372 e. The van der Waals surface area contributed by atoms with Crippen LogP contribution in [-0.2, 0) is 14.3 Å². The summed E-state index contributed by atoms with van der Waals surface area (Å²) in [5, 5.41) is 2.83. The third-order valence-corrected chi connectivity index (χ3v) is 3.26. The summed E-state index contributed by atoms with van der Waals surface area (Å²) in [4.78, 5) is 22.7. The van der Waals surface area contributed by atoms with Gasteiger partial charge in [-0.1, -0.05) is 37.5 Å². The van der Waals surface area contributed by atoms with Crippen molar-refractivity contribution in [3.63, 3.8) is 0 Å². The van der Waals surface area contributed by atoms with Gasteiger partial charge in [0.15, 0.2) is 0 Å². The molecule has 0 saturated heterocycles. The summed E-state index contributed by atoms with van der Waals surface area (Å²) < 4.78 is 5.24. The summed E-state index contributed by atoms with van der Waals surface area (Å²) in [7, 11) is 1.54. The number of hydrogen-bond acceptors (Lipinski definition) is 3. The van der Waals surface area contributed by atoms with Gasteiger partial charge in [-0.3, -0.25) is 9.59 Å². The Balaban J connectivity index is 2.24. The highest BCUT2D eigenvalue weighted by Crippen LogP contribution is 2.12. The summed E-state index contributed by atoms with van der Waals surface area (Å²) in [5.74, 6) is -0.382. The highest BCUT2D eigenvalue weighted by atomic mass is 16.5. The van der Waals surface area contributed by atoms with Gasteiger partial charge in [0.05, 0.1) is 0 Å². The SMILES string of the molecule is COC(CCCCCCC(N)=O)C(=O)Nc1ccccc1. The molecule has 0 heterocycles. The van der Waals surface area contributed by atoms with E-state index in [0.717, 1.165) is 31.4 Å². The Morgan fingerprint density at radius 1 is 1.14 bits per heavy atom. The predicted molar refractivity (Wildman–Crippen MR) is 82.8 cm³/mol. The first-order valence-corrected chi connectivity index (χ1v) is 7.30. The van der Waals surface area contributed by atoms with Crippen LogP contribution in [0.15, 0.2) is 30.3 Å². The first kappa shape index (κ1) is 17.2. The number of amides is 2. The third kappa shape index (κ3) is 7.46. The molecule has 0 spiro atoms. The van der Waals surface area contributed by atoms with E-state index in [1.807, 2.05) is 30.3 Å². The van der Waals surface area contributed by atoms with Crippen LogP contribution in [0, 0.1) is 0 Å². The molecule has 0 fully saturated rings. The Bertz CT molecular complexity index is 434. The van der Waals surface area contributed by atoms with Crippen LogP contribution in [0.25, 0.3) is 0 Å². The molecule has 1 unspecified atom stereocenters. The first-order valence-electron chi connectivity index (χ1n) is 7.30. The topological polar surface area (TPSA) is 81.4 Å². The quantitative estimate of drug-likeness (QED) is 0.650. The predicted octanol–water partition coefficient (Wildman–Crippen LogP) is 2.47. The molecule has 3 N–H and O–H groups in total. The van der Waals surface area contributed by atoms with E-state index in [1.165, 1.54) is 0 Å². The van der Waals surface area contributed by atoms with E-state index in [0.29, 0.717) is 12.8 Å². The molecule has 0 aliphatic carbocycles. The zero-order valence-corrected chi connectivity index (χ0v) is 12.5. The lowest BCUT2D eigenvalue weighted by Crippen LogP contribution is -2.29. The van der Waals surface area contributed by atoms with Crippen LogP contribution in [0.2, 0.25) is 0 Å². The van der Waals surface area contributed by atoms with E-state index in [2.05, 4.69) is 5.32 Å². The van der Waals surface area contributed by atoms with E-state index >= 15 is 0 Å². The zero-order valence-electron chi connectivity index (χ0n) is 12.5. The Morgan fingerprint density at radius 2 is 1.81 bits per heavy atom. The maximum absolute atomic E-state index is 12.1. The number of carbonyl (C=O) groups is 2. The molecule has 116 valence electrons. The minimum Gasteiger partial charge on any atom is -0.372 e. The van der Waals surface area contributed by atoms with Crippen LogP contribution in [0.5, 0.6) is 0 Å². The maximum atomic E-state index is 12.1. The number of carbonyl (C=O) groups excluding carboxylic acids is 2. The van der Waals surface area contributed by atoms with Crippen molar-refractivity contribution in [3.05, 3.63) is 30.3 Å². The first-order chi connectivity index (χ1) is 10.1. The van der Waals surface area contributed by atoms with Gasteiger partial charge in [0.2, 0.25) is 5.91 Å². The Morgan fingerprint density at radius 3 is 2.43 bits per heavy atom. The fourth-order valence-electron chi connectivity index (χ4n) is 2.08. The fourth-order valence-corrected chi connectivity index (χ4v) is 2.08.